The summed E-state index contributed by atoms with van der Waals surface area (Å²) in [7, 11) is 1.50. The van der Waals surface area contributed by atoms with E-state index in [2.05, 4.69) is 34.2 Å². The Morgan fingerprint density at radius 3 is 2.57 bits per heavy atom. The van der Waals surface area contributed by atoms with Gasteiger partial charge in [-0.1, -0.05) is 0 Å². The molecule has 4 nitrogen and oxygen atoms in total. The number of nitrogens with one attached hydrogen (secondary N) is 1. The van der Waals surface area contributed by atoms with Crippen molar-refractivity contribution in [2.75, 3.05) is 12.4 Å². The van der Waals surface area contributed by atoms with Crippen molar-refractivity contribution in [3.8, 4) is 0 Å². The molecule has 21 heavy (non-hydrogen) atoms. The number of imide groups is 1. The number of nitrogens with zero attached hydrogens (tertiary/aromatic N) is 1. The summed E-state index contributed by atoms with van der Waals surface area (Å²) in [6.45, 7) is 2.06. The van der Waals surface area contributed by atoms with Crippen LogP contribution in [0.1, 0.15) is 38.6 Å². The first-order valence-electron chi connectivity index (χ1n) is 6.44. The summed E-state index contributed by atoms with van der Waals surface area (Å²) in [5, 5.41) is 5.39. The van der Waals surface area contributed by atoms with Crippen LogP contribution in [-0.4, -0.2) is 23.8 Å². The van der Waals surface area contributed by atoms with Gasteiger partial charge in [0.05, 0.1) is 17.2 Å². The van der Waals surface area contributed by atoms with Crippen molar-refractivity contribution in [3.63, 3.8) is 0 Å². The Labute approximate surface area is 134 Å². The molecule has 6 heteroatoms. The summed E-state index contributed by atoms with van der Waals surface area (Å²) in [6, 6.07) is 7.49. The lowest BCUT2D eigenvalue weighted by molar-refractivity contribution is 0.0693. The van der Waals surface area contributed by atoms with Crippen LogP contribution in [0, 0.1) is 0 Å². The lowest BCUT2D eigenvalue weighted by Crippen LogP contribution is -2.24. The highest BCUT2D eigenvalue weighted by molar-refractivity contribution is 9.10. The van der Waals surface area contributed by atoms with Crippen molar-refractivity contribution in [1.82, 2.24) is 4.90 Å². The van der Waals surface area contributed by atoms with Gasteiger partial charge in [0.1, 0.15) is 0 Å². The van der Waals surface area contributed by atoms with Crippen LogP contribution in [0.3, 0.4) is 0 Å². The minimum atomic E-state index is -0.245. The highest BCUT2D eigenvalue weighted by Gasteiger charge is 2.32. The number of carbonyl (C=O) groups is 2. The van der Waals surface area contributed by atoms with Crippen molar-refractivity contribution in [2.24, 2.45) is 0 Å². The molecule has 0 aliphatic carbocycles. The molecule has 0 radical (unpaired) electrons. The number of rotatable bonds is 3. The minimum absolute atomic E-state index is 0.129. The maximum absolute atomic E-state index is 12.0. The smallest absolute Gasteiger partial charge is 0.261 e. The van der Waals surface area contributed by atoms with Gasteiger partial charge in [0, 0.05) is 27.5 Å². The molecule has 1 aliphatic rings. The van der Waals surface area contributed by atoms with Gasteiger partial charge in [0.25, 0.3) is 11.8 Å². The van der Waals surface area contributed by atoms with Crippen molar-refractivity contribution < 1.29 is 9.59 Å². The van der Waals surface area contributed by atoms with Gasteiger partial charge >= 0.3 is 0 Å². The molecule has 1 aliphatic heterocycles. The molecule has 3 rings (SSSR count). The standard InChI is InChI=1S/C15H13BrN2O2S/c1-8(13-5-9(16)7-21-13)17-10-3-4-11-12(6-10)15(20)18(2)14(11)19/h3-8,17H,1-2H3. The van der Waals surface area contributed by atoms with E-state index in [1.807, 2.05) is 11.4 Å². The maximum atomic E-state index is 12.0. The van der Waals surface area contributed by atoms with Crippen LogP contribution in [0.5, 0.6) is 0 Å². The average molecular weight is 365 g/mol. The average Bonchev–Trinajstić information content (AvgIpc) is 2.98. The van der Waals surface area contributed by atoms with E-state index in [9.17, 15) is 9.59 Å². The zero-order chi connectivity index (χ0) is 15.1. The van der Waals surface area contributed by atoms with Crippen LogP contribution in [0.25, 0.3) is 0 Å². The molecule has 0 saturated heterocycles. The van der Waals surface area contributed by atoms with Crippen LogP contribution in [-0.2, 0) is 0 Å². The largest absolute Gasteiger partial charge is 0.378 e. The van der Waals surface area contributed by atoms with Crippen molar-refractivity contribution >= 4 is 44.8 Å². The molecule has 1 aromatic heterocycles. The summed E-state index contributed by atoms with van der Waals surface area (Å²) in [5.41, 5.74) is 1.77. The fourth-order valence-corrected chi connectivity index (χ4v) is 3.78. The first-order chi connectivity index (χ1) is 9.97. The molecule has 1 unspecified atom stereocenters. The molecule has 0 bridgehead atoms. The summed E-state index contributed by atoms with van der Waals surface area (Å²) in [4.78, 5) is 26.2. The molecule has 2 amide bonds. The third-order valence-corrected chi connectivity index (χ3v) is 5.36. The molecular weight excluding hydrogens is 352 g/mol. The second-order valence-corrected chi connectivity index (χ2v) is 6.82. The molecule has 0 spiro atoms. The van der Waals surface area contributed by atoms with Crippen molar-refractivity contribution in [1.29, 1.82) is 0 Å². The maximum Gasteiger partial charge on any atom is 0.261 e. The van der Waals surface area contributed by atoms with Crippen LogP contribution in [0.4, 0.5) is 5.69 Å². The molecule has 0 fully saturated rings. The van der Waals surface area contributed by atoms with Gasteiger partial charge in [0.2, 0.25) is 0 Å². The van der Waals surface area contributed by atoms with Crippen LogP contribution in [0.15, 0.2) is 34.1 Å². The van der Waals surface area contributed by atoms with E-state index < -0.39 is 0 Å². The zero-order valence-corrected chi connectivity index (χ0v) is 13.9. The number of hydrogen-bond acceptors (Lipinski definition) is 4. The second-order valence-electron chi connectivity index (χ2n) is 4.96. The van der Waals surface area contributed by atoms with Gasteiger partial charge in [-0.15, -0.1) is 11.3 Å². The number of thiophene rings is 1. The Balaban J connectivity index is 1.85. The number of anilines is 1. The van der Waals surface area contributed by atoms with Crippen LogP contribution >= 0.6 is 27.3 Å². The number of hydrogen-bond donors (Lipinski definition) is 1. The van der Waals surface area contributed by atoms with E-state index in [0.717, 1.165) is 15.1 Å². The first-order valence-corrected chi connectivity index (χ1v) is 8.11. The van der Waals surface area contributed by atoms with E-state index in [1.165, 1.54) is 11.9 Å². The second kappa shape index (κ2) is 5.27. The van der Waals surface area contributed by atoms with Crippen LogP contribution in [0.2, 0.25) is 0 Å². The molecule has 1 N–H and O–H groups in total. The quantitative estimate of drug-likeness (QED) is 0.839. The Morgan fingerprint density at radius 2 is 1.90 bits per heavy atom. The van der Waals surface area contributed by atoms with Gasteiger partial charge in [-0.3, -0.25) is 14.5 Å². The predicted octanol–water partition coefficient (Wildman–Crippen LogP) is 3.91. The topological polar surface area (TPSA) is 49.4 Å². The summed E-state index contributed by atoms with van der Waals surface area (Å²) >= 11 is 5.11. The van der Waals surface area contributed by atoms with Gasteiger partial charge in [0.15, 0.2) is 0 Å². The molecule has 108 valence electrons. The molecule has 0 saturated carbocycles. The molecule has 2 heterocycles. The number of benzene rings is 1. The Hall–Kier alpha value is -1.66. The summed E-state index contributed by atoms with van der Waals surface area (Å²) in [6.07, 6.45) is 0. The Bertz CT molecular complexity index is 741. The number of fused-ring (bicyclic) bond motifs is 1. The van der Waals surface area contributed by atoms with Gasteiger partial charge in [-0.25, -0.2) is 0 Å². The molecule has 2 aromatic rings. The highest BCUT2D eigenvalue weighted by atomic mass is 79.9. The molecule has 1 aromatic carbocycles. The lowest BCUT2D eigenvalue weighted by Gasteiger charge is -2.14. The number of halogens is 1. The van der Waals surface area contributed by atoms with Crippen molar-refractivity contribution in [2.45, 2.75) is 13.0 Å². The lowest BCUT2D eigenvalue weighted by atomic mass is 10.1. The van der Waals surface area contributed by atoms with Gasteiger partial charge in [-0.2, -0.15) is 0 Å². The monoisotopic (exact) mass is 364 g/mol. The fraction of sp³-hybridized carbons (Fsp3) is 0.200. The Kier molecular flexibility index (Phi) is 3.59. The first kappa shape index (κ1) is 14.3. The van der Waals surface area contributed by atoms with Crippen molar-refractivity contribution in [3.05, 3.63) is 50.1 Å². The van der Waals surface area contributed by atoms with E-state index >= 15 is 0 Å². The highest BCUT2D eigenvalue weighted by Crippen LogP contribution is 2.30. The minimum Gasteiger partial charge on any atom is -0.378 e. The SMILES string of the molecule is CC(Nc1ccc2c(c1)C(=O)N(C)C2=O)c1cc(Br)cs1. The van der Waals surface area contributed by atoms with Gasteiger partial charge in [-0.05, 0) is 47.1 Å². The summed E-state index contributed by atoms with van der Waals surface area (Å²) < 4.78 is 1.06. The molecular formula is C15H13BrN2O2S. The number of amides is 2. The Morgan fingerprint density at radius 1 is 1.19 bits per heavy atom. The molecule has 1 atom stereocenters. The van der Waals surface area contributed by atoms with E-state index in [0.29, 0.717) is 11.1 Å². The normalized spacial score (nSPS) is 15.3. The number of carbonyl (C=O) groups excluding carboxylic acids is 2. The van der Waals surface area contributed by atoms with E-state index in [-0.39, 0.29) is 17.9 Å². The van der Waals surface area contributed by atoms with E-state index in [1.54, 1.807) is 23.5 Å². The predicted molar refractivity (Wildman–Crippen MR) is 86.9 cm³/mol. The van der Waals surface area contributed by atoms with E-state index in [4.69, 9.17) is 0 Å². The summed E-state index contributed by atoms with van der Waals surface area (Å²) in [5.74, 6) is -0.484. The third-order valence-electron chi connectivity index (χ3n) is 3.49. The van der Waals surface area contributed by atoms with Crippen LogP contribution < -0.4 is 5.32 Å². The zero-order valence-electron chi connectivity index (χ0n) is 11.5. The van der Waals surface area contributed by atoms with Gasteiger partial charge < -0.3 is 5.32 Å². The third kappa shape index (κ3) is 2.49. The fourth-order valence-electron chi connectivity index (χ4n) is 2.33.